The van der Waals surface area contributed by atoms with E-state index in [2.05, 4.69) is 20.9 Å². The summed E-state index contributed by atoms with van der Waals surface area (Å²) in [6, 6.07) is 13.6. The van der Waals surface area contributed by atoms with Gasteiger partial charge in [0, 0.05) is 14.1 Å². The molecule has 0 unspecified atom stereocenters. The molecule has 0 fully saturated rings. The lowest BCUT2D eigenvalue weighted by atomic mass is 10.2. The Morgan fingerprint density at radius 2 is 1.60 bits per heavy atom. The minimum absolute atomic E-state index is 0.228. The van der Waals surface area contributed by atoms with Crippen LogP contribution in [0.3, 0.4) is 0 Å². The van der Waals surface area contributed by atoms with Gasteiger partial charge in [0.1, 0.15) is 18.2 Å². The van der Waals surface area contributed by atoms with Gasteiger partial charge in [-0.2, -0.15) is 0 Å². The highest BCUT2D eigenvalue weighted by Gasteiger charge is 2.17. The number of ether oxygens (including phenoxy) is 1. The third-order valence-electron chi connectivity index (χ3n) is 4.88. The molecule has 0 N–H and O–H groups in total. The zero-order valence-corrected chi connectivity index (χ0v) is 17.9. The second-order valence-electron chi connectivity index (χ2n) is 6.90. The number of aryl methyl sites for hydroxylation is 1. The van der Waals surface area contributed by atoms with Crippen molar-refractivity contribution in [2.24, 2.45) is 14.1 Å². The number of halogens is 2. The van der Waals surface area contributed by atoms with E-state index in [1.807, 2.05) is 24.3 Å². The summed E-state index contributed by atoms with van der Waals surface area (Å²) < 4.78 is 23.4. The Kier molecular flexibility index (Phi) is 5.29. The lowest BCUT2D eigenvalue weighted by Gasteiger charge is -2.11. The number of nitrogens with zero attached hydrogens (tertiary/aromatic N) is 4. The Balaban J connectivity index is 1.57. The summed E-state index contributed by atoms with van der Waals surface area (Å²) in [4.78, 5) is 29.0. The van der Waals surface area contributed by atoms with E-state index in [9.17, 15) is 14.0 Å². The van der Waals surface area contributed by atoms with Crippen LogP contribution in [0.5, 0.6) is 5.75 Å². The maximum Gasteiger partial charge on any atom is 0.332 e. The molecule has 0 bridgehead atoms. The molecule has 30 heavy (non-hydrogen) atoms. The first-order valence-corrected chi connectivity index (χ1v) is 9.92. The van der Waals surface area contributed by atoms with Crippen molar-refractivity contribution in [1.82, 2.24) is 18.7 Å². The van der Waals surface area contributed by atoms with Gasteiger partial charge in [0.2, 0.25) is 0 Å². The summed E-state index contributed by atoms with van der Waals surface area (Å²) in [5.41, 5.74) is 1.65. The minimum atomic E-state index is -0.433. The molecule has 0 amide bonds. The number of imidazole rings is 1. The lowest BCUT2D eigenvalue weighted by Crippen LogP contribution is -2.37. The fourth-order valence-corrected chi connectivity index (χ4v) is 3.69. The van der Waals surface area contributed by atoms with E-state index >= 15 is 0 Å². The van der Waals surface area contributed by atoms with Crippen LogP contribution < -0.4 is 16.0 Å². The van der Waals surface area contributed by atoms with Crippen molar-refractivity contribution in [3.8, 4) is 5.75 Å². The van der Waals surface area contributed by atoms with E-state index in [0.717, 1.165) is 15.7 Å². The summed E-state index contributed by atoms with van der Waals surface area (Å²) >= 11 is 3.39. The molecule has 4 aromatic rings. The Morgan fingerprint density at radius 1 is 0.967 bits per heavy atom. The van der Waals surface area contributed by atoms with Crippen LogP contribution in [0, 0.1) is 5.82 Å². The molecule has 2 aromatic carbocycles. The van der Waals surface area contributed by atoms with E-state index in [4.69, 9.17) is 4.74 Å². The van der Waals surface area contributed by atoms with Gasteiger partial charge in [0.25, 0.3) is 5.56 Å². The molecule has 0 saturated carbocycles. The van der Waals surface area contributed by atoms with Gasteiger partial charge in [-0.15, -0.1) is 0 Å². The summed E-state index contributed by atoms with van der Waals surface area (Å²) in [5, 5.41) is 0. The number of aromatic nitrogens is 4. The Labute approximate surface area is 179 Å². The first-order chi connectivity index (χ1) is 14.3. The van der Waals surface area contributed by atoms with Gasteiger partial charge in [-0.3, -0.25) is 18.5 Å². The quantitative estimate of drug-likeness (QED) is 0.418. The summed E-state index contributed by atoms with van der Waals surface area (Å²) in [6.07, 6.45) is 0. The van der Waals surface area contributed by atoms with Crippen LogP contribution in [-0.4, -0.2) is 18.7 Å². The van der Waals surface area contributed by atoms with E-state index in [1.165, 1.54) is 23.7 Å². The van der Waals surface area contributed by atoms with Crippen LogP contribution in [0.25, 0.3) is 11.2 Å². The SMILES string of the molecule is Cn1c(=O)c2nc(Br)n(Cc3ccc(OCc4ccc(F)cc4)cc3)c2n(C)c1=O. The molecule has 2 heterocycles. The standard InChI is InChI=1S/C21H18BrFN4O3/c1-25-18-17(19(28)26(2)21(25)29)24-20(22)27(18)11-13-5-9-16(10-6-13)30-12-14-3-7-15(23)8-4-14/h3-10H,11-12H2,1-2H3. The molecular formula is C21H18BrFN4O3. The predicted molar refractivity (Wildman–Crippen MR) is 114 cm³/mol. The van der Waals surface area contributed by atoms with Crippen LogP contribution >= 0.6 is 15.9 Å². The molecule has 0 radical (unpaired) electrons. The Bertz CT molecular complexity index is 1340. The number of hydrogen-bond acceptors (Lipinski definition) is 4. The van der Waals surface area contributed by atoms with Crippen molar-refractivity contribution >= 4 is 27.1 Å². The van der Waals surface area contributed by atoms with Gasteiger partial charge < -0.3 is 4.74 Å². The molecule has 4 rings (SSSR count). The van der Waals surface area contributed by atoms with Crippen LogP contribution in [-0.2, 0) is 27.2 Å². The third kappa shape index (κ3) is 3.68. The first kappa shape index (κ1) is 20.1. The van der Waals surface area contributed by atoms with Gasteiger partial charge in [0.15, 0.2) is 15.9 Å². The molecule has 0 aliphatic carbocycles. The van der Waals surface area contributed by atoms with Crippen molar-refractivity contribution in [3.05, 3.63) is 91.0 Å². The number of rotatable bonds is 5. The fraction of sp³-hybridized carbons (Fsp3) is 0.190. The van der Waals surface area contributed by atoms with Crippen LogP contribution in [0.2, 0.25) is 0 Å². The normalized spacial score (nSPS) is 11.2. The molecule has 9 heteroatoms. The molecule has 154 valence electrons. The van der Waals surface area contributed by atoms with Crippen molar-refractivity contribution in [2.75, 3.05) is 0 Å². The molecule has 2 aromatic heterocycles. The average Bonchev–Trinajstić information content (AvgIpc) is 3.07. The third-order valence-corrected chi connectivity index (χ3v) is 5.48. The zero-order chi connectivity index (χ0) is 21.4. The smallest absolute Gasteiger partial charge is 0.332 e. The molecule has 0 aliphatic rings. The van der Waals surface area contributed by atoms with Crippen molar-refractivity contribution in [2.45, 2.75) is 13.2 Å². The van der Waals surface area contributed by atoms with Gasteiger partial charge in [0.05, 0.1) is 6.54 Å². The topological polar surface area (TPSA) is 71.0 Å². The second kappa shape index (κ2) is 7.91. The van der Waals surface area contributed by atoms with E-state index in [-0.39, 0.29) is 11.3 Å². The molecule has 0 saturated heterocycles. The highest BCUT2D eigenvalue weighted by atomic mass is 79.9. The fourth-order valence-electron chi connectivity index (χ4n) is 3.22. The number of benzene rings is 2. The van der Waals surface area contributed by atoms with E-state index in [0.29, 0.717) is 29.3 Å². The zero-order valence-electron chi connectivity index (χ0n) is 16.3. The lowest BCUT2D eigenvalue weighted by molar-refractivity contribution is 0.306. The van der Waals surface area contributed by atoms with E-state index < -0.39 is 11.2 Å². The molecule has 0 atom stereocenters. The highest BCUT2D eigenvalue weighted by molar-refractivity contribution is 9.10. The molecule has 0 spiro atoms. The van der Waals surface area contributed by atoms with Crippen molar-refractivity contribution in [3.63, 3.8) is 0 Å². The largest absolute Gasteiger partial charge is 0.489 e. The van der Waals surface area contributed by atoms with Gasteiger partial charge in [-0.1, -0.05) is 24.3 Å². The van der Waals surface area contributed by atoms with E-state index in [1.54, 1.807) is 23.7 Å². The first-order valence-electron chi connectivity index (χ1n) is 9.13. The van der Waals surface area contributed by atoms with Crippen molar-refractivity contribution in [1.29, 1.82) is 0 Å². The summed E-state index contributed by atoms with van der Waals surface area (Å²) in [5.74, 6) is 0.399. The van der Waals surface area contributed by atoms with Gasteiger partial charge >= 0.3 is 5.69 Å². The second-order valence-corrected chi connectivity index (χ2v) is 7.61. The van der Waals surface area contributed by atoms with Crippen LogP contribution in [0.15, 0.2) is 62.9 Å². The molecule has 7 nitrogen and oxygen atoms in total. The summed E-state index contributed by atoms with van der Waals surface area (Å²) in [7, 11) is 3.04. The Morgan fingerprint density at radius 3 is 2.27 bits per heavy atom. The van der Waals surface area contributed by atoms with Gasteiger partial charge in [-0.05, 0) is 51.3 Å². The predicted octanol–water partition coefficient (Wildman–Crippen LogP) is 2.96. The Hall–Kier alpha value is -3.20. The summed E-state index contributed by atoms with van der Waals surface area (Å²) in [6.45, 7) is 0.749. The van der Waals surface area contributed by atoms with Gasteiger partial charge in [-0.25, -0.2) is 14.2 Å². The average molecular weight is 473 g/mol. The number of hydrogen-bond donors (Lipinski definition) is 0. The molecular weight excluding hydrogens is 455 g/mol. The maximum absolute atomic E-state index is 13.0. The maximum atomic E-state index is 13.0. The number of fused-ring (bicyclic) bond motifs is 1. The minimum Gasteiger partial charge on any atom is -0.489 e. The molecule has 0 aliphatic heterocycles. The van der Waals surface area contributed by atoms with Crippen molar-refractivity contribution < 1.29 is 9.13 Å². The van der Waals surface area contributed by atoms with Crippen LogP contribution in [0.4, 0.5) is 4.39 Å². The highest BCUT2D eigenvalue weighted by Crippen LogP contribution is 2.20. The van der Waals surface area contributed by atoms with Crippen LogP contribution in [0.1, 0.15) is 11.1 Å². The monoisotopic (exact) mass is 472 g/mol.